The molecule has 1 unspecified atom stereocenters. The van der Waals surface area contributed by atoms with Gasteiger partial charge in [0.2, 0.25) is 0 Å². The smallest absolute Gasteiger partial charge is 0.145 e. The highest BCUT2D eigenvalue weighted by Gasteiger charge is 2.44. The summed E-state index contributed by atoms with van der Waals surface area (Å²) in [6, 6.07) is 5.00. The van der Waals surface area contributed by atoms with Crippen LogP contribution in [0.25, 0.3) is 0 Å². The van der Waals surface area contributed by atoms with Crippen molar-refractivity contribution in [2.45, 2.75) is 57.6 Å². The van der Waals surface area contributed by atoms with E-state index >= 15 is 0 Å². The van der Waals surface area contributed by atoms with Crippen molar-refractivity contribution < 1.29 is 9.50 Å². The first-order valence-electron chi connectivity index (χ1n) is 7.91. The topological polar surface area (TPSA) is 23.5 Å². The molecule has 21 heavy (non-hydrogen) atoms. The second-order valence-corrected chi connectivity index (χ2v) is 6.32. The molecular weight excluding hydrogens is 289 g/mol. The zero-order chi connectivity index (χ0) is 15.5. The van der Waals surface area contributed by atoms with Gasteiger partial charge in [-0.1, -0.05) is 50.4 Å². The first-order chi connectivity index (χ1) is 10.0. The van der Waals surface area contributed by atoms with Crippen molar-refractivity contribution >= 4 is 11.6 Å². The third kappa shape index (κ3) is 3.25. The molecule has 1 atom stereocenters. The minimum Gasteiger partial charge on any atom is -0.391 e. The van der Waals surface area contributed by atoms with E-state index in [4.69, 9.17) is 11.6 Å². The van der Waals surface area contributed by atoms with Gasteiger partial charge < -0.3 is 5.11 Å². The van der Waals surface area contributed by atoms with Crippen LogP contribution in [0, 0.1) is 5.82 Å². The van der Waals surface area contributed by atoms with Gasteiger partial charge in [0.15, 0.2) is 0 Å². The molecule has 0 aromatic heterocycles. The van der Waals surface area contributed by atoms with E-state index in [1.807, 2.05) is 0 Å². The van der Waals surface area contributed by atoms with E-state index in [1.54, 1.807) is 18.2 Å². The molecule has 2 nitrogen and oxygen atoms in total. The Hall–Kier alpha value is -0.640. The second kappa shape index (κ2) is 7.08. The standard InChI is InChI=1S/C17H25ClFNO/c1-3-20(4-2)17(10-5-6-11-17)15(21)12-13-8-7-9-14(18)16(13)19/h7-9,15,21H,3-6,10-12H2,1-2H3. The number of hydrogen-bond acceptors (Lipinski definition) is 2. The molecule has 0 bridgehead atoms. The second-order valence-electron chi connectivity index (χ2n) is 5.92. The van der Waals surface area contributed by atoms with E-state index < -0.39 is 11.9 Å². The minimum atomic E-state index is -0.562. The third-order valence-electron chi connectivity index (χ3n) is 4.93. The summed E-state index contributed by atoms with van der Waals surface area (Å²) >= 11 is 5.84. The largest absolute Gasteiger partial charge is 0.391 e. The maximum atomic E-state index is 14.1. The van der Waals surface area contributed by atoms with Crippen LogP contribution in [0.15, 0.2) is 18.2 Å². The quantitative estimate of drug-likeness (QED) is 0.857. The van der Waals surface area contributed by atoms with Gasteiger partial charge in [-0.15, -0.1) is 0 Å². The first-order valence-corrected chi connectivity index (χ1v) is 8.29. The van der Waals surface area contributed by atoms with Crippen LogP contribution in [0.2, 0.25) is 5.02 Å². The Morgan fingerprint density at radius 2 is 1.90 bits per heavy atom. The summed E-state index contributed by atoms with van der Waals surface area (Å²) in [4.78, 5) is 2.34. The summed E-state index contributed by atoms with van der Waals surface area (Å²) in [5.74, 6) is -0.397. The molecule has 0 spiro atoms. The van der Waals surface area contributed by atoms with E-state index in [-0.39, 0.29) is 10.6 Å². The van der Waals surface area contributed by atoms with Gasteiger partial charge >= 0.3 is 0 Å². The molecule has 0 radical (unpaired) electrons. The molecule has 1 aliphatic carbocycles. The summed E-state index contributed by atoms with van der Waals surface area (Å²) in [6.07, 6.45) is 3.99. The van der Waals surface area contributed by atoms with Crippen molar-refractivity contribution in [1.29, 1.82) is 0 Å². The van der Waals surface area contributed by atoms with Crippen molar-refractivity contribution in [3.63, 3.8) is 0 Å². The normalized spacial score (nSPS) is 19.1. The van der Waals surface area contributed by atoms with E-state index in [9.17, 15) is 9.50 Å². The van der Waals surface area contributed by atoms with E-state index in [0.29, 0.717) is 12.0 Å². The summed E-state index contributed by atoms with van der Waals surface area (Å²) in [5, 5.41) is 11.0. The predicted molar refractivity (Wildman–Crippen MR) is 85.2 cm³/mol. The van der Waals surface area contributed by atoms with Gasteiger partial charge in [0.1, 0.15) is 5.82 Å². The Bertz CT molecular complexity index is 470. The lowest BCUT2D eigenvalue weighted by atomic mass is 9.84. The van der Waals surface area contributed by atoms with E-state index in [0.717, 1.165) is 38.8 Å². The highest BCUT2D eigenvalue weighted by molar-refractivity contribution is 6.30. The average Bonchev–Trinajstić information content (AvgIpc) is 2.96. The molecule has 1 aliphatic rings. The number of aliphatic hydroxyl groups excluding tert-OH is 1. The van der Waals surface area contributed by atoms with Crippen molar-refractivity contribution in [2.75, 3.05) is 13.1 Å². The number of halogens is 2. The van der Waals surface area contributed by atoms with Crippen molar-refractivity contribution in [3.8, 4) is 0 Å². The molecule has 4 heteroatoms. The summed E-state index contributed by atoms with van der Waals surface area (Å²) in [6.45, 7) is 6.06. The van der Waals surface area contributed by atoms with Crippen molar-refractivity contribution in [3.05, 3.63) is 34.6 Å². The molecule has 0 heterocycles. The van der Waals surface area contributed by atoms with Gasteiger partial charge in [-0.3, -0.25) is 4.90 Å². The van der Waals surface area contributed by atoms with Gasteiger partial charge in [-0.2, -0.15) is 0 Å². The van der Waals surface area contributed by atoms with Crippen LogP contribution in [-0.4, -0.2) is 34.7 Å². The highest BCUT2D eigenvalue weighted by Crippen LogP contribution is 2.39. The Balaban J connectivity index is 2.23. The summed E-state index contributed by atoms with van der Waals surface area (Å²) < 4.78 is 14.1. The summed E-state index contributed by atoms with van der Waals surface area (Å²) in [7, 11) is 0. The van der Waals surface area contributed by atoms with Gasteiger partial charge in [0, 0.05) is 12.0 Å². The molecular formula is C17H25ClFNO. The Morgan fingerprint density at radius 1 is 1.29 bits per heavy atom. The van der Waals surface area contributed by atoms with Gasteiger partial charge in [0.05, 0.1) is 11.1 Å². The number of rotatable bonds is 6. The number of likely N-dealkylation sites (N-methyl/N-ethyl adjacent to an activating group) is 1. The predicted octanol–water partition coefficient (Wildman–Crippen LogP) is 4.04. The molecule has 0 saturated heterocycles. The Labute approximate surface area is 131 Å². The summed E-state index contributed by atoms with van der Waals surface area (Å²) in [5.41, 5.74) is 0.298. The lowest BCUT2D eigenvalue weighted by molar-refractivity contribution is -0.0248. The zero-order valence-corrected chi connectivity index (χ0v) is 13.7. The van der Waals surface area contributed by atoms with Gasteiger partial charge in [-0.05, 0) is 37.6 Å². The number of nitrogens with zero attached hydrogens (tertiary/aromatic N) is 1. The number of hydrogen-bond donors (Lipinski definition) is 1. The van der Waals surface area contributed by atoms with Crippen molar-refractivity contribution in [1.82, 2.24) is 4.90 Å². The van der Waals surface area contributed by atoms with Gasteiger partial charge in [0.25, 0.3) is 0 Å². The maximum Gasteiger partial charge on any atom is 0.145 e. The molecule has 1 aromatic rings. The molecule has 118 valence electrons. The molecule has 0 amide bonds. The van der Waals surface area contributed by atoms with Crippen LogP contribution in [0.5, 0.6) is 0 Å². The van der Waals surface area contributed by atoms with Crippen LogP contribution in [0.4, 0.5) is 4.39 Å². The van der Waals surface area contributed by atoms with E-state index in [2.05, 4.69) is 18.7 Å². The molecule has 0 aliphatic heterocycles. The first kappa shape index (κ1) is 16.7. The van der Waals surface area contributed by atoms with Crippen LogP contribution in [-0.2, 0) is 6.42 Å². The Morgan fingerprint density at radius 3 is 2.48 bits per heavy atom. The molecule has 1 fully saturated rings. The highest BCUT2D eigenvalue weighted by atomic mass is 35.5. The fourth-order valence-corrected chi connectivity index (χ4v) is 4.00. The molecule has 1 aromatic carbocycles. The van der Waals surface area contributed by atoms with Crippen LogP contribution in [0.1, 0.15) is 45.1 Å². The Kier molecular flexibility index (Phi) is 5.64. The minimum absolute atomic E-state index is 0.128. The monoisotopic (exact) mass is 313 g/mol. The molecule has 2 rings (SSSR count). The third-order valence-corrected chi connectivity index (χ3v) is 5.22. The zero-order valence-electron chi connectivity index (χ0n) is 12.9. The number of aliphatic hydroxyl groups is 1. The number of benzene rings is 1. The SMILES string of the molecule is CCN(CC)C1(C(O)Cc2cccc(Cl)c2F)CCCC1. The lowest BCUT2D eigenvalue weighted by Gasteiger charge is -2.44. The fourth-order valence-electron chi connectivity index (χ4n) is 3.81. The van der Waals surface area contributed by atoms with Crippen LogP contribution < -0.4 is 0 Å². The van der Waals surface area contributed by atoms with Gasteiger partial charge in [-0.25, -0.2) is 4.39 Å². The maximum absolute atomic E-state index is 14.1. The average molecular weight is 314 g/mol. The molecule has 1 saturated carbocycles. The lowest BCUT2D eigenvalue weighted by Crippen LogP contribution is -2.55. The van der Waals surface area contributed by atoms with E-state index in [1.165, 1.54) is 0 Å². The van der Waals surface area contributed by atoms with Crippen LogP contribution in [0.3, 0.4) is 0 Å². The molecule has 1 N–H and O–H groups in total. The van der Waals surface area contributed by atoms with Crippen LogP contribution >= 0.6 is 11.6 Å². The van der Waals surface area contributed by atoms with Crippen molar-refractivity contribution in [2.24, 2.45) is 0 Å². The fraction of sp³-hybridized carbons (Fsp3) is 0.647.